The van der Waals surface area contributed by atoms with E-state index in [0.29, 0.717) is 0 Å². The minimum Gasteiger partial charge on any atom is -0.305 e. The van der Waals surface area contributed by atoms with Gasteiger partial charge in [0.15, 0.2) is 0 Å². The van der Waals surface area contributed by atoms with Crippen molar-refractivity contribution in [1.82, 2.24) is 0 Å². The summed E-state index contributed by atoms with van der Waals surface area (Å²) in [6.45, 7) is 6.26. The maximum atomic E-state index is 13.6. The van der Waals surface area contributed by atoms with Gasteiger partial charge in [-0.05, 0) is 27.7 Å². The molecule has 0 unspecified atom stereocenters. The van der Waals surface area contributed by atoms with E-state index in [1.807, 2.05) is 0 Å². The van der Waals surface area contributed by atoms with Crippen molar-refractivity contribution in [3.63, 3.8) is 0 Å². The van der Waals surface area contributed by atoms with E-state index < -0.39 is 19.7 Å². The van der Waals surface area contributed by atoms with Gasteiger partial charge in [0.1, 0.15) is 0 Å². The second-order valence-electron chi connectivity index (χ2n) is 3.48. The van der Waals surface area contributed by atoms with Crippen LogP contribution in [0.25, 0.3) is 0 Å². The molecule has 0 rings (SSSR count). The molecule has 0 saturated carbocycles. The normalized spacial score (nSPS) is 12.6. The Morgan fingerprint density at radius 1 is 1.25 bits per heavy atom. The van der Waals surface area contributed by atoms with Crippen molar-refractivity contribution in [1.29, 1.82) is 0 Å². The topological polar surface area (TPSA) is 35.5 Å². The van der Waals surface area contributed by atoms with Gasteiger partial charge in [0, 0.05) is 6.42 Å². The molecule has 6 heteroatoms. The van der Waals surface area contributed by atoms with E-state index in [0.717, 1.165) is 5.57 Å². The van der Waals surface area contributed by atoms with Crippen LogP contribution in [0.1, 0.15) is 34.1 Å². The summed E-state index contributed by atoms with van der Waals surface area (Å²) in [4.78, 5) is 0. The molecule has 16 heavy (non-hydrogen) atoms. The Labute approximate surface area is 95.4 Å². The molecule has 96 valence electrons. The minimum atomic E-state index is -4.36. The third kappa shape index (κ3) is 4.32. The van der Waals surface area contributed by atoms with Crippen molar-refractivity contribution in [2.75, 3.05) is 13.2 Å². The zero-order chi connectivity index (χ0) is 12.8. The summed E-state index contributed by atoms with van der Waals surface area (Å²) < 4.78 is 48.4. The van der Waals surface area contributed by atoms with Crippen molar-refractivity contribution in [2.24, 2.45) is 0 Å². The van der Waals surface area contributed by atoms with Crippen molar-refractivity contribution < 1.29 is 22.4 Å². The Bertz CT molecular complexity index is 276. The van der Waals surface area contributed by atoms with E-state index in [4.69, 9.17) is 0 Å². The van der Waals surface area contributed by atoms with Crippen LogP contribution in [-0.2, 0) is 13.6 Å². The molecule has 0 amide bonds. The number of halogens is 2. The Kier molecular flexibility index (Phi) is 6.38. The van der Waals surface area contributed by atoms with Gasteiger partial charge < -0.3 is 9.05 Å². The highest BCUT2D eigenvalue weighted by Gasteiger charge is 2.52. The van der Waals surface area contributed by atoms with Gasteiger partial charge in [-0.25, -0.2) is 0 Å². The van der Waals surface area contributed by atoms with E-state index in [1.165, 1.54) is 19.9 Å². The molecular formula is C10H19F2O3P. The predicted molar refractivity (Wildman–Crippen MR) is 59.9 cm³/mol. The molecule has 0 aromatic carbocycles. The van der Waals surface area contributed by atoms with Crippen LogP contribution in [0.5, 0.6) is 0 Å². The van der Waals surface area contributed by atoms with Gasteiger partial charge in [-0.3, -0.25) is 4.57 Å². The van der Waals surface area contributed by atoms with E-state index >= 15 is 0 Å². The van der Waals surface area contributed by atoms with Crippen LogP contribution < -0.4 is 0 Å². The summed E-state index contributed by atoms with van der Waals surface area (Å²) in [5.41, 5.74) is -2.74. The van der Waals surface area contributed by atoms with Crippen LogP contribution in [0, 0.1) is 0 Å². The maximum absolute atomic E-state index is 13.6. The van der Waals surface area contributed by atoms with E-state index in [-0.39, 0.29) is 13.2 Å². The monoisotopic (exact) mass is 256 g/mol. The lowest BCUT2D eigenvalue weighted by atomic mass is 10.3. The van der Waals surface area contributed by atoms with Crippen LogP contribution >= 0.6 is 7.60 Å². The van der Waals surface area contributed by atoms with Crippen molar-refractivity contribution >= 4 is 7.60 Å². The molecule has 0 bridgehead atoms. The lowest BCUT2D eigenvalue weighted by Crippen LogP contribution is -2.19. The molecule has 0 fully saturated rings. The standard InChI is InChI=1S/C10H19F2O3P/c1-5-14-16(13,15-6-2)10(11,12)8-7-9(3)4/h7H,5-6,8H2,1-4H3. The van der Waals surface area contributed by atoms with Gasteiger partial charge in [-0.15, -0.1) is 0 Å². The largest absolute Gasteiger partial charge is 0.399 e. The molecule has 0 saturated heterocycles. The average molecular weight is 256 g/mol. The minimum absolute atomic E-state index is 0.0678. The highest BCUT2D eigenvalue weighted by molar-refractivity contribution is 7.55. The van der Waals surface area contributed by atoms with Crippen LogP contribution in [-0.4, -0.2) is 18.9 Å². The van der Waals surface area contributed by atoms with E-state index in [9.17, 15) is 13.3 Å². The first kappa shape index (κ1) is 15.8. The fourth-order valence-corrected chi connectivity index (χ4v) is 2.45. The second kappa shape index (κ2) is 6.48. The molecule has 0 N–H and O–H groups in total. The lowest BCUT2D eigenvalue weighted by molar-refractivity contribution is 0.0414. The fraction of sp³-hybridized carbons (Fsp3) is 0.800. The van der Waals surface area contributed by atoms with Crippen LogP contribution in [0.2, 0.25) is 0 Å². The molecule has 3 nitrogen and oxygen atoms in total. The molecule has 0 aromatic rings. The van der Waals surface area contributed by atoms with Gasteiger partial charge in [0.05, 0.1) is 13.2 Å². The lowest BCUT2D eigenvalue weighted by Gasteiger charge is -2.24. The van der Waals surface area contributed by atoms with E-state index in [2.05, 4.69) is 9.05 Å². The molecule has 0 spiro atoms. The van der Waals surface area contributed by atoms with Crippen molar-refractivity contribution in [3.8, 4) is 0 Å². The summed E-state index contributed by atoms with van der Waals surface area (Å²) in [6.07, 6.45) is 0.692. The van der Waals surface area contributed by atoms with Gasteiger partial charge >= 0.3 is 13.3 Å². The highest BCUT2D eigenvalue weighted by Crippen LogP contribution is 2.63. The summed E-state index contributed by atoms with van der Waals surface area (Å²) in [7, 11) is -4.36. The predicted octanol–water partition coefficient (Wildman–Crippen LogP) is 4.20. The van der Waals surface area contributed by atoms with E-state index in [1.54, 1.807) is 13.8 Å². The highest BCUT2D eigenvalue weighted by atomic mass is 31.2. The number of alkyl halides is 2. The van der Waals surface area contributed by atoms with Gasteiger partial charge in [-0.1, -0.05) is 11.6 Å². The van der Waals surface area contributed by atoms with Crippen molar-refractivity contribution in [3.05, 3.63) is 11.6 Å². The third-order valence-corrected chi connectivity index (χ3v) is 3.93. The first-order chi connectivity index (χ1) is 7.29. The molecule has 0 aromatic heterocycles. The Morgan fingerprint density at radius 2 is 1.69 bits per heavy atom. The van der Waals surface area contributed by atoms with Crippen LogP contribution in [0.15, 0.2) is 11.6 Å². The first-order valence-electron chi connectivity index (χ1n) is 5.19. The first-order valence-corrected chi connectivity index (χ1v) is 6.73. The smallest absolute Gasteiger partial charge is 0.305 e. The Morgan fingerprint density at radius 3 is 2.00 bits per heavy atom. The molecular weight excluding hydrogens is 237 g/mol. The fourth-order valence-electron chi connectivity index (χ4n) is 1.00. The van der Waals surface area contributed by atoms with Gasteiger partial charge in [-0.2, -0.15) is 8.78 Å². The molecule has 0 aliphatic rings. The number of allylic oxidation sites excluding steroid dienone is 2. The zero-order valence-corrected chi connectivity index (χ0v) is 11.0. The zero-order valence-electron chi connectivity index (χ0n) is 10.1. The number of rotatable bonds is 7. The van der Waals surface area contributed by atoms with Crippen LogP contribution in [0.4, 0.5) is 8.78 Å². The summed E-state index contributed by atoms with van der Waals surface area (Å²) in [5, 5.41) is 0. The van der Waals surface area contributed by atoms with Crippen molar-refractivity contribution in [2.45, 2.75) is 39.8 Å². The summed E-state index contributed by atoms with van der Waals surface area (Å²) in [5.74, 6) is 0. The summed E-state index contributed by atoms with van der Waals surface area (Å²) >= 11 is 0. The molecule has 0 heterocycles. The Balaban J connectivity index is 4.88. The SMILES string of the molecule is CCOP(=O)(OCC)C(F)(F)CC=C(C)C. The molecule has 0 atom stereocenters. The average Bonchev–Trinajstić information content (AvgIpc) is 2.15. The van der Waals surface area contributed by atoms with Gasteiger partial charge in [0.25, 0.3) is 0 Å². The molecule has 0 radical (unpaired) electrons. The third-order valence-electron chi connectivity index (χ3n) is 1.75. The Hall–Kier alpha value is -0.250. The van der Waals surface area contributed by atoms with Crippen LogP contribution in [0.3, 0.4) is 0 Å². The second-order valence-corrected chi connectivity index (χ2v) is 5.65. The van der Waals surface area contributed by atoms with Gasteiger partial charge in [0.2, 0.25) is 0 Å². The molecule has 0 aliphatic heterocycles. The number of hydrogen-bond acceptors (Lipinski definition) is 3. The summed E-state index contributed by atoms with van der Waals surface area (Å²) in [6, 6.07) is 0. The number of hydrogen-bond donors (Lipinski definition) is 0. The quantitative estimate of drug-likeness (QED) is 0.505. The molecule has 0 aliphatic carbocycles. The maximum Gasteiger partial charge on any atom is 0.399 e.